The molecule has 0 spiro atoms. The highest BCUT2D eigenvalue weighted by Crippen LogP contribution is 2.39. The molecular weight excluding hydrogens is 290 g/mol. The summed E-state index contributed by atoms with van der Waals surface area (Å²) in [5.41, 5.74) is 7.59. The highest BCUT2D eigenvalue weighted by Gasteiger charge is 2.22. The molecule has 0 radical (unpaired) electrons. The largest absolute Gasteiger partial charge is 0.365 e. The van der Waals surface area contributed by atoms with Gasteiger partial charge in [0.15, 0.2) is 5.13 Å². The van der Waals surface area contributed by atoms with Gasteiger partial charge in [-0.05, 0) is 36.8 Å². The molecule has 0 unspecified atom stereocenters. The summed E-state index contributed by atoms with van der Waals surface area (Å²) in [6.07, 6.45) is 4.44. The Morgan fingerprint density at radius 2 is 2.14 bits per heavy atom. The number of rotatable bonds is 3. The number of aryl methyl sites for hydroxylation is 2. The summed E-state index contributed by atoms with van der Waals surface area (Å²) in [7, 11) is 1.92. The van der Waals surface area contributed by atoms with Crippen LogP contribution in [0.15, 0.2) is 23.6 Å². The Hall–Kier alpha value is -1.94. The molecule has 0 saturated carbocycles. The van der Waals surface area contributed by atoms with Crippen molar-refractivity contribution in [1.29, 1.82) is 0 Å². The van der Waals surface area contributed by atoms with Crippen LogP contribution in [0.5, 0.6) is 0 Å². The van der Waals surface area contributed by atoms with Gasteiger partial charge in [-0.1, -0.05) is 25.1 Å². The molecule has 2 aromatic heterocycles. The summed E-state index contributed by atoms with van der Waals surface area (Å²) >= 11 is 1.67. The van der Waals surface area contributed by atoms with E-state index in [0.717, 1.165) is 30.1 Å². The summed E-state index contributed by atoms with van der Waals surface area (Å²) in [5, 5.41) is 7.54. The highest BCUT2D eigenvalue weighted by atomic mass is 32.1. The van der Waals surface area contributed by atoms with Crippen LogP contribution in [0.1, 0.15) is 30.2 Å². The summed E-state index contributed by atoms with van der Waals surface area (Å²) in [5.74, 6) is 0. The zero-order chi connectivity index (χ0) is 15.1. The summed E-state index contributed by atoms with van der Waals surface area (Å²) in [4.78, 5) is 9.76. The average Bonchev–Trinajstić information content (AvgIpc) is 3.20. The Morgan fingerprint density at radius 1 is 1.23 bits per heavy atom. The van der Waals surface area contributed by atoms with E-state index >= 15 is 0 Å². The minimum Gasteiger partial charge on any atom is -0.365 e. The van der Waals surface area contributed by atoms with Crippen LogP contribution >= 0.6 is 11.3 Å². The quantitative estimate of drug-likeness (QED) is 0.776. The lowest BCUT2D eigenvalue weighted by Gasteiger charge is -2.13. The van der Waals surface area contributed by atoms with Gasteiger partial charge in [-0.15, -0.1) is 11.3 Å². The molecule has 0 saturated heterocycles. The third-order valence-electron chi connectivity index (χ3n) is 4.48. The van der Waals surface area contributed by atoms with E-state index in [2.05, 4.69) is 35.8 Å². The second-order valence-electron chi connectivity index (χ2n) is 5.72. The van der Waals surface area contributed by atoms with E-state index in [9.17, 15) is 0 Å². The maximum absolute atomic E-state index is 5.00. The third-order valence-corrected chi connectivity index (χ3v) is 5.34. The first-order valence-electron chi connectivity index (χ1n) is 7.88. The second kappa shape index (κ2) is 5.36. The highest BCUT2D eigenvalue weighted by molar-refractivity contribution is 7.14. The number of hydrogen-bond donors (Lipinski definition) is 1. The van der Waals surface area contributed by atoms with Gasteiger partial charge in [-0.3, -0.25) is 4.98 Å². The van der Waals surface area contributed by atoms with Gasteiger partial charge in [-0.25, -0.2) is 4.98 Å². The number of benzene rings is 1. The van der Waals surface area contributed by atoms with Crippen molar-refractivity contribution in [2.45, 2.75) is 32.6 Å². The number of nitrogens with one attached hydrogen (secondary N) is 1. The molecule has 2 heterocycles. The van der Waals surface area contributed by atoms with Crippen LogP contribution in [0.3, 0.4) is 0 Å². The predicted molar refractivity (Wildman–Crippen MR) is 93.8 cm³/mol. The van der Waals surface area contributed by atoms with Gasteiger partial charge < -0.3 is 5.32 Å². The predicted octanol–water partition coefficient (Wildman–Crippen LogP) is 4.45. The van der Waals surface area contributed by atoms with E-state index in [-0.39, 0.29) is 0 Å². The minimum atomic E-state index is 0.971. The Kier molecular flexibility index (Phi) is 3.34. The van der Waals surface area contributed by atoms with Gasteiger partial charge in [0.05, 0.1) is 11.2 Å². The molecule has 0 fully saturated rings. The smallest absolute Gasteiger partial charge is 0.182 e. The lowest BCUT2D eigenvalue weighted by molar-refractivity contribution is 0.901. The molecule has 0 bridgehead atoms. The average molecular weight is 309 g/mol. The third kappa shape index (κ3) is 2.02. The van der Waals surface area contributed by atoms with Gasteiger partial charge >= 0.3 is 0 Å². The summed E-state index contributed by atoms with van der Waals surface area (Å²) < 4.78 is 0. The first-order valence-corrected chi connectivity index (χ1v) is 8.76. The molecular formula is C18H19N3S. The fourth-order valence-electron chi connectivity index (χ4n) is 3.42. The van der Waals surface area contributed by atoms with Gasteiger partial charge in [0, 0.05) is 29.1 Å². The van der Waals surface area contributed by atoms with E-state index in [1.807, 2.05) is 7.05 Å². The normalized spacial score (nSPS) is 13.5. The van der Waals surface area contributed by atoms with Crippen molar-refractivity contribution in [3.63, 3.8) is 0 Å². The zero-order valence-electron chi connectivity index (χ0n) is 12.9. The molecule has 1 aromatic carbocycles. The minimum absolute atomic E-state index is 0.971. The zero-order valence-corrected chi connectivity index (χ0v) is 13.8. The van der Waals surface area contributed by atoms with Crippen molar-refractivity contribution in [3.8, 4) is 11.3 Å². The molecule has 0 atom stereocenters. The van der Waals surface area contributed by atoms with Gasteiger partial charge in [0.2, 0.25) is 0 Å². The molecule has 4 heteroatoms. The van der Waals surface area contributed by atoms with E-state index < -0.39 is 0 Å². The van der Waals surface area contributed by atoms with Crippen molar-refractivity contribution in [1.82, 2.24) is 9.97 Å². The summed E-state index contributed by atoms with van der Waals surface area (Å²) in [6, 6.07) is 6.55. The summed E-state index contributed by atoms with van der Waals surface area (Å²) in [6.45, 7) is 2.20. The molecule has 0 aliphatic heterocycles. The molecule has 112 valence electrons. The van der Waals surface area contributed by atoms with Crippen molar-refractivity contribution in [3.05, 3.63) is 40.4 Å². The van der Waals surface area contributed by atoms with E-state index in [1.54, 1.807) is 11.3 Å². The van der Waals surface area contributed by atoms with Gasteiger partial charge in [-0.2, -0.15) is 0 Å². The monoisotopic (exact) mass is 309 g/mol. The molecule has 1 aliphatic rings. The topological polar surface area (TPSA) is 37.8 Å². The lowest BCUT2D eigenvalue weighted by Crippen LogP contribution is -1.98. The number of nitrogens with zero attached hydrogens (tertiary/aromatic N) is 2. The van der Waals surface area contributed by atoms with Crippen LogP contribution in [-0.2, 0) is 19.3 Å². The van der Waals surface area contributed by atoms with Crippen LogP contribution in [0, 0.1) is 0 Å². The van der Waals surface area contributed by atoms with E-state index in [4.69, 9.17) is 9.97 Å². The van der Waals surface area contributed by atoms with Crippen LogP contribution in [-0.4, -0.2) is 17.0 Å². The Morgan fingerprint density at radius 3 is 2.91 bits per heavy atom. The maximum Gasteiger partial charge on any atom is 0.182 e. The molecule has 0 amide bonds. The van der Waals surface area contributed by atoms with Crippen molar-refractivity contribution in [2.75, 3.05) is 12.4 Å². The maximum atomic E-state index is 5.00. The second-order valence-corrected chi connectivity index (χ2v) is 6.58. The van der Waals surface area contributed by atoms with Gasteiger partial charge in [0.1, 0.15) is 0 Å². The van der Waals surface area contributed by atoms with Gasteiger partial charge in [0.25, 0.3) is 0 Å². The Labute approximate surface area is 134 Å². The Bertz CT molecular complexity index is 851. The molecule has 1 aliphatic carbocycles. The number of hydrogen-bond acceptors (Lipinski definition) is 4. The van der Waals surface area contributed by atoms with Crippen LogP contribution in [0.25, 0.3) is 22.2 Å². The SMILES string of the molecule is CCc1cccc2c(-c3csc(NC)n3)c3c(nc12)CCC3. The first kappa shape index (κ1) is 13.7. The van der Waals surface area contributed by atoms with Crippen molar-refractivity contribution >= 4 is 27.4 Å². The molecule has 3 nitrogen and oxygen atoms in total. The van der Waals surface area contributed by atoms with Crippen LogP contribution in [0.2, 0.25) is 0 Å². The molecule has 22 heavy (non-hydrogen) atoms. The molecule has 3 aromatic rings. The van der Waals surface area contributed by atoms with Crippen LogP contribution < -0.4 is 5.32 Å². The standard InChI is InChI=1S/C18H19N3S/c1-3-11-6-4-8-13-16(15-10-22-18(19-2)21-15)12-7-5-9-14(12)20-17(11)13/h4,6,8,10H,3,5,7,9H2,1-2H3,(H,19,21). The molecule has 1 N–H and O–H groups in total. The number of pyridine rings is 1. The number of fused-ring (bicyclic) bond motifs is 2. The van der Waals surface area contributed by atoms with Crippen molar-refractivity contribution < 1.29 is 0 Å². The van der Waals surface area contributed by atoms with E-state index in [1.165, 1.54) is 39.7 Å². The Balaban J connectivity index is 2.07. The first-order chi connectivity index (χ1) is 10.8. The number of para-hydroxylation sites is 1. The molecule has 4 rings (SSSR count). The lowest BCUT2D eigenvalue weighted by atomic mass is 9.96. The fourth-order valence-corrected chi connectivity index (χ4v) is 4.09. The number of thiazole rings is 1. The number of anilines is 1. The fraction of sp³-hybridized carbons (Fsp3) is 0.333. The van der Waals surface area contributed by atoms with Crippen LogP contribution in [0.4, 0.5) is 5.13 Å². The number of aromatic nitrogens is 2. The van der Waals surface area contributed by atoms with E-state index in [0.29, 0.717) is 0 Å². The van der Waals surface area contributed by atoms with Crippen molar-refractivity contribution in [2.24, 2.45) is 0 Å².